The van der Waals surface area contributed by atoms with E-state index in [-0.39, 0.29) is 12.0 Å². The van der Waals surface area contributed by atoms with Crippen LogP contribution in [0.25, 0.3) is 0 Å². The van der Waals surface area contributed by atoms with Gasteiger partial charge in [0.2, 0.25) is 5.95 Å². The van der Waals surface area contributed by atoms with E-state index in [0.29, 0.717) is 18.1 Å². The van der Waals surface area contributed by atoms with Crippen molar-refractivity contribution in [3.8, 4) is 0 Å². The van der Waals surface area contributed by atoms with E-state index in [1.165, 1.54) is 6.33 Å². The number of nitrogens with zero attached hydrogens (tertiary/aromatic N) is 3. The van der Waals surface area contributed by atoms with Gasteiger partial charge in [-0.15, -0.1) is 0 Å². The van der Waals surface area contributed by atoms with Gasteiger partial charge in [-0.2, -0.15) is 10.1 Å². The normalized spacial score (nSPS) is 17.1. The summed E-state index contributed by atoms with van der Waals surface area (Å²) in [6.45, 7) is 3.98. The second-order valence-electron chi connectivity index (χ2n) is 4.73. The average molecular weight is 284 g/mol. The maximum absolute atomic E-state index is 12.3. The fourth-order valence-corrected chi connectivity index (χ4v) is 2.51. The molecule has 1 aromatic carbocycles. The van der Waals surface area contributed by atoms with E-state index in [1.54, 1.807) is 11.6 Å². The molecular formula is C15H16N4O2. The number of carbonyl (C=O) groups is 1. The number of allylic oxidation sites excluding steroid dienone is 1. The fourth-order valence-electron chi connectivity index (χ4n) is 2.51. The second-order valence-corrected chi connectivity index (χ2v) is 4.73. The van der Waals surface area contributed by atoms with Crippen LogP contribution in [0.3, 0.4) is 0 Å². The molecule has 2 aromatic rings. The van der Waals surface area contributed by atoms with Crippen molar-refractivity contribution in [1.29, 1.82) is 0 Å². The minimum absolute atomic E-state index is 0.330. The van der Waals surface area contributed by atoms with Crippen molar-refractivity contribution in [2.75, 3.05) is 11.9 Å². The van der Waals surface area contributed by atoms with Gasteiger partial charge in [0.15, 0.2) is 0 Å². The zero-order chi connectivity index (χ0) is 14.8. The average Bonchev–Trinajstić information content (AvgIpc) is 2.94. The maximum atomic E-state index is 12.3. The highest BCUT2D eigenvalue weighted by atomic mass is 16.5. The Morgan fingerprint density at radius 2 is 2.14 bits per heavy atom. The molecule has 2 heterocycles. The highest BCUT2D eigenvalue weighted by molar-refractivity contribution is 5.92. The monoisotopic (exact) mass is 284 g/mol. The quantitative estimate of drug-likeness (QED) is 0.874. The van der Waals surface area contributed by atoms with Gasteiger partial charge in [-0.05, 0) is 19.4 Å². The third-order valence-electron chi connectivity index (χ3n) is 3.41. The van der Waals surface area contributed by atoms with Crippen LogP contribution in [0, 0.1) is 0 Å². The molecule has 0 radical (unpaired) electrons. The minimum Gasteiger partial charge on any atom is -0.463 e. The maximum Gasteiger partial charge on any atom is 0.338 e. The molecule has 6 heteroatoms. The summed E-state index contributed by atoms with van der Waals surface area (Å²) >= 11 is 0. The van der Waals surface area contributed by atoms with E-state index in [9.17, 15) is 4.79 Å². The van der Waals surface area contributed by atoms with Crippen molar-refractivity contribution in [1.82, 2.24) is 14.8 Å². The van der Waals surface area contributed by atoms with E-state index in [4.69, 9.17) is 4.74 Å². The van der Waals surface area contributed by atoms with Crippen molar-refractivity contribution in [3.63, 3.8) is 0 Å². The first-order valence-electron chi connectivity index (χ1n) is 6.81. The van der Waals surface area contributed by atoms with Gasteiger partial charge in [0.05, 0.1) is 12.2 Å². The molecule has 1 N–H and O–H groups in total. The Bertz CT molecular complexity index is 691. The molecule has 0 spiro atoms. The van der Waals surface area contributed by atoms with Crippen LogP contribution in [0.1, 0.15) is 25.5 Å². The number of anilines is 1. The van der Waals surface area contributed by atoms with Crippen LogP contribution < -0.4 is 5.32 Å². The summed E-state index contributed by atoms with van der Waals surface area (Å²) in [7, 11) is 0. The molecule has 0 saturated heterocycles. The predicted octanol–water partition coefficient (Wildman–Crippen LogP) is 2.13. The van der Waals surface area contributed by atoms with Crippen LogP contribution in [0.15, 0.2) is 47.9 Å². The van der Waals surface area contributed by atoms with E-state index in [0.717, 1.165) is 11.3 Å². The van der Waals surface area contributed by atoms with Gasteiger partial charge in [0.1, 0.15) is 12.4 Å². The molecule has 0 bridgehead atoms. The zero-order valence-corrected chi connectivity index (χ0v) is 11.9. The smallest absolute Gasteiger partial charge is 0.338 e. The first-order valence-corrected chi connectivity index (χ1v) is 6.81. The molecule has 0 amide bonds. The Morgan fingerprint density at radius 3 is 2.86 bits per heavy atom. The molecule has 1 atom stereocenters. The predicted molar refractivity (Wildman–Crippen MR) is 77.6 cm³/mol. The SMILES string of the molecule is CCOC(=O)C1=C(C)Nc2ncnn2C1c1ccccc1. The lowest BCUT2D eigenvalue weighted by atomic mass is 9.96. The number of esters is 1. The number of nitrogens with one attached hydrogen (secondary N) is 1. The van der Waals surface area contributed by atoms with Crippen LogP contribution >= 0.6 is 0 Å². The van der Waals surface area contributed by atoms with Crippen LogP contribution in [0.2, 0.25) is 0 Å². The number of hydrogen-bond donors (Lipinski definition) is 1. The molecule has 1 aromatic heterocycles. The minimum atomic E-state index is -0.336. The van der Waals surface area contributed by atoms with Crippen molar-refractivity contribution in [3.05, 3.63) is 53.5 Å². The third-order valence-corrected chi connectivity index (χ3v) is 3.41. The van der Waals surface area contributed by atoms with Gasteiger partial charge in [0.25, 0.3) is 0 Å². The van der Waals surface area contributed by atoms with E-state index >= 15 is 0 Å². The molecular weight excluding hydrogens is 268 g/mol. The molecule has 1 aliphatic heterocycles. The first kappa shape index (κ1) is 13.4. The Kier molecular flexibility index (Phi) is 3.43. The standard InChI is InChI=1S/C15H16N4O2/c1-3-21-14(20)12-10(2)18-15-16-9-17-19(15)13(12)11-7-5-4-6-8-11/h4-9,13H,3H2,1-2H3,(H,16,17,18). The van der Waals surface area contributed by atoms with Crippen LogP contribution in [-0.4, -0.2) is 27.3 Å². The van der Waals surface area contributed by atoms with Crippen LogP contribution in [0.5, 0.6) is 0 Å². The van der Waals surface area contributed by atoms with Crippen molar-refractivity contribution in [2.45, 2.75) is 19.9 Å². The molecule has 21 heavy (non-hydrogen) atoms. The topological polar surface area (TPSA) is 69.0 Å². The molecule has 3 rings (SSSR count). The summed E-state index contributed by atoms with van der Waals surface area (Å²) in [5.41, 5.74) is 2.26. The first-order chi connectivity index (χ1) is 10.2. The molecule has 1 aliphatic rings. The zero-order valence-electron chi connectivity index (χ0n) is 11.9. The van der Waals surface area contributed by atoms with Gasteiger partial charge in [0, 0.05) is 5.70 Å². The summed E-state index contributed by atoms with van der Waals surface area (Å²) in [5.74, 6) is 0.284. The molecule has 6 nitrogen and oxygen atoms in total. The Morgan fingerprint density at radius 1 is 1.38 bits per heavy atom. The lowest BCUT2D eigenvalue weighted by Crippen LogP contribution is -2.29. The number of ether oxygens (including phenoxy) is 1. The van der Waals surface area contributed by atoms with Gasteiger partial charge in [-0.3, -0.25) is 0 Å². The number of hydrogen-bond acceptors (Lipinski definition) is 5. The Hall–Kier alpha value is -2.63. The van der Waals surface area contributed by atoms with E-state index < -0.39 is 0 Å². The second kappa shape index (κ2) is 5.40. The van der Waals surface area contributed by atoms with E-state index in [2.05, 4.69) is 15.4 Å². The summed E-state index contributed by atoms with van der Waals surface area (Å²) in [4.78, 5) is 16.5. The molecule has 0 aliphatic carbocycles. The van der Waals surface area contributed by atoms with Crippen molar-refractivity contribution in [2.24, 2.45) is 0 Å². The lowest BCUT2D eigenvalue weighted by molar-refractivity contribution is -0.139. The highest BCUT2D eigenvalue weighted by Gasteiger charge is 2.33. The summed E-state index contributed by atoms with van der Waals surface area (Å²) in [5, 5.41) is 7.34. The number of benzene rings is 1. The van der Waals surface area contributed by atoms with Gasteiger partial charge >= 0.3 is 5.97 Å². The van der Waals surface area contributed by atoms with Crippen molar-refractivity contribution < 1.29 is 9.53 Å². The summed E-state index contributed by atoms with van der Waals surface area (Å²) in [6.07, 6.45) is 1.47. The molecule has 0 fully saturated rings. The van der Waals surface area contributed by atoms with Gasteiger partial charge in [-0.1, -0.05) is 30.3 Å². The number of aromatic nitrogens is 3. The molecule has 108 valence electrons. The largest absolute Gasteiger partial charge is 0.463 e. The fraction of sp³-hybridized carbons (Fsp3) is 0.267. The molecule has 1 unspecified atom stereocenters. The Balaban J connectivity index is 2.13. The molecule has 0 saturated carbocycles. The Labute approximate surface area is 122 Å². The lowest BCUT2D eigenvalue weighted by Gasteiger charge is -2.28. The van der Waals surface area contributed by atoms with E-state index in [1.807, 2.05) is 37.3 Å². The van der Waals surface area contributed by atoms with Crippen LogP contribution in [0.4, 0.5) is 5.95 Å². The van der Waals surface area contributed by atoms with Crippen molar-refractivity contribution >= 4 is 11.9 Å². The van der Waals surface area contributed by atoms with Crippen LogP contribution in [-0.2, 0) is 9.53 Å². The van der Waals surface area contributed by atoms with Gasteiger partial charge < -0.3 is 10.1 Å². The van der Waals surface area contributed by atoms with Gasteiger partial charge in [-0.25, -0.2) is 9.48 Å². The summed E-state index contributed by atoms with van der Waals surface area (Å²) < 4.78 is 6.90. The number of rotatable bonds is 3. The third kappa shape index (κ3) is 2.29. The summed E-state index contributed by atoms with van der Waals surface area (Å²) in [6, 6.07) is 9.41. The highest BCUT2D eigenvalue weighted by Crippen LogP contribution is 2.34. The number of fused-ring (bicyclic) bond motifs is 1. The number of carbonyl (C=O) groups excluding carboxylic acids is 1.